The molecule has 3 heteroatoms. The number of carbonyl (C=O) groups is 1. The second-order valence-corrected chi connectivity index (χ2v) is 6.39. The Morgan fingerprint density at radius 2 is 2.41 bits per heavy atom. The Kier molecular flexibility index (Phi) is 3.35. The van der Waals surface area contributed by atoms with Gasteiger partial charge in [-0.3, -0.25) is 4.79 Å². The van der Waals surface area contributed by atoms with Crippen LogP contribution in [0.3, 0.4) is 0 Å². The van der Waals surface area contributed by atoms with Crippen molar-refractivity contribution in [3.63, 3.8) is 0 Å². The number of ketones is 1. The van der Waals surface area contributed by atoms with Gasteiger partial charge < -0.3 is 0 Å². The zero-order valence-electron chi connectivity index (χ0n) is 10.3. The summed E-state index contributed by atoms with van der Waals surface area (Å²) >= 11 is 1.50. The summed E-state index contributed by atoms with van der Waals surface area (Å²) in [4.78, 5) is 13.4. The van der Waals surface area contributed by atoms with Crippen LogP contribution in [0.5, 0.6) is 0 Å². The fraction of sp³-hybridized carbons (Fsp3) is 0.571. The first kappa shape index (κ1) is 12.3. The molecule has 0 N–H and O–H groups in total. The third-order valence-corrected chi connectivity index (χ3v) is 4.78. The standard InChI is InChI=1S/C14H17NOS/c1-14(2)7-3-5-11(14)13(16)10(9-15)12-6-4-8-17-12/h4,6,8,10-11H,3,5,7H2,1-2H3. The van der Waals surface area contributed by atoms with Gasteiger partial charge in [0.25, 0.3) is 0 Å². The molecule has 1 heterocycles. The normalized spacial score (nSPS) is 24.2. The minimum Gasteiger partial charge on any atom is -0.297 e. The summed E-state index contributed by atoms with van der Waals surface area (Å²) in [5, 5.41) is 11.2. The van der Waals surface area contributed by atoms with E-state index in [4.69, 9.17) is 0 Å². The lowest BCUT2D eigenvalue weighted by atomic mass is 9.76. The van der Waals surface area contributed by atoms with Crippen LogP contribution in [0.25, 0.3) is 0 Å². The van der Waals surface area contributed by atoms with Crippen LogP contribution >= 0.6 is 11.3 Å². The highest BCUT2D eigenvalue weighted by molar-refractivity contribution is 7.10. The second kappa shape index (κ2) is 4.62. The molecular formula is C14H17NOS. The van der Waals surface area contributed by atoms with Crippen LogP contribution in [0.4, 0.5) is 0 Å². The van der Waals surface area contributed by atoms with Gasteiger partial charge in [0.05, 0.1) is 6.07 Å². The summed E-state index contributed by atoms with van der Waals surface area (Å²) < 4.78 is 0. The lowest BCUT2D eigenvalue weighted by Crippen LogP contribution is -2.29. The molecule has 1 aromatic rings. The van der Waals surface area contributed by atoms with Crippen LogP contribution in [0.15, 0.2) is 17.5 Å². The van der Waals surface area contributed by atoms with Crippen molar-refractivity contribution >= 4 is 17.1 Å². The third-order valence-electron chi connectivity index (χ3n) is 3.84. The predicted molar refractivity (Wildman–Crippen MR) is 68.8 cm³/mol. The van der Waals surface area contributed by atoms with Crippen LogP contribution in [0, 0.1) is 22.7 Å². The van der Waals surface area contributed by atoms with Crippen molar-refractivity contribution in [3.05, 3.63) is 22.4 Å². The Labute approximate surface area is 106 Å². The Morgan fingerprint density at radius 3 is 2.88 bits per heavy atom. The smallest absolute Gasteiger partial charge is 0.158 e. The highest BCUT2D eigenvalue weighted by Crippen LogP contribution is 2.45. The molecule has 0 amide bonds. The Morgan fingerprint density at radius 1 is 1.65 bits per heavy atom. The number of Topliss-reactive ketones (excluding diaryl/α,β-unsaturated/α-hetero) is 1. The highest BCUT2D eigenvalue weighted by Gasteiger charge is 2.42. The first-order chi connectivity index (χ1) is 8.06. The maximum atomic E-state index is 12.5. The van der Waals surface area contributed by atoms with Crippen LogP contribution in [0.2, 0.25) is 0 Å². The molecule has 1 aromatic heterocycles. The highest BCUT2D eigenvalue weighted by atomic mass is 32.1. The van der Waals surface area contributed by atoms with Crippen molar-refractivity contribution < 1.29 is 4.79 Å². The van der Waals surface area contributed by atoms with Crippen molar-refractivity contribution in [3.8, 4) is 6.07 Å². The van der Waals surface area contributed by atoms with Crippen molar-refractivity contribution in [2.45, 2.75) is 39.0 Å². The number of nitriles is 1. The van der Waals surface area contributed by atoms with Crippen molar-refractivity contribution in [2.24, 2.45) is 11.3 Å². The summed E-state index contributed by atoms with van der Waals surface area (Å²) in [5.74, 6) is -0.385. The number of carbonyl (C=O) groups excluding carboxylic acids is 1. The largest absolute Gasteiger partial charge is 0.297 e. The van der Waals surface area contributed by atoms with E-state index in [0.29, 0.717) is 0 Å². The topological polar surface area (TPSA) is 40.9 Å². The molecule has 90 valence electrons. The van der Waals surface area contributed by atoms with Gasteiger partial charge in [0, 0.05) is 10.8 Å². The second-order valence-electron chi connectivity index (χ2n) is 5.41. The van der Waals surface area contributed by atoms with Crippen LogP contribution < -0.4 is 0 Å². The molecule has 1 aliphatic rings. The monoisotopic (exact) mass is 247 g/mol. The van der Waals surface area contributed by atoms with Crippen molar-refractivity contribution in [1.29, 1.82) is 5.26 Å². The maximum absolute atomic E-state index is 12.5. The molecule has 2 rings (SSSR count). The maximum Gasteiger partial charge on any atom is 0.158 e. The molecule has 0 aromatic carbocycles. The molecule has 1 fully saturated rings. The van der Waals surface area contributed by atoms with Gasteiger partial charge in [-0.2, -0.15) is 5.26 Å². The van der Waals surface area contributed by atoms with Crippen molar-refractivity contribution in [2.75, 3.05) is 0 Å². The predicted octanol–water partition coefficient (Wildman–Crippen LogP) is 3.75. The molecule has 0 spiro atoms. The summed E-state index contributed by atoms with van der Waals surface area (Å²) in [6, 6.07) is 5.97. The molecule has 0 saturated heterocycles. The molecule has 0 radical (unpaired) electrons. The number of nitrogens with zero attached hydrogens (tertiary/aromatic N) is 1. The Bertz CT molecular complexity index is 441. The van der Waals surface area contributed by atoms with Gasteiger partial charge in [0.1, 0.15) is 5.92 Å². The van der Waals surface area contributed by atoms with E-state index in [0.717, 1.165) is 24.1 Å². The molecule has 0 bridgehead atoms. The van der Waals surface area contributed by atoms with E-state index >= 15 is 0 Å². The van der Waals surface area contributed by atoms with E-state index in [2.05, 4.69) is 19.9 Å². The van der Waals surface area contributed by atoms with Gasteiger partial charge in [0.15, 0.2) is 5.78 Å². The van der Waals surface area contributed by atoms with E-state index in [1.165, 1.54) is 11.3 Å². The molecule has 2 nitrogen and oxygen atoms in total. The zero-order chi connectivity index (χ0) is 12.5. The SMILES string of the molecule is CC1(C)CCCC1C(=O)C(C#N)c1cccs1. The number of hydrogen-bond acceptors (Lipinski definition) is 3. The van der Waals surface area contributed by atoms with Crippen LogP contribution in [0.1, 0.15) is 43.9 Å². The van der Waals surface area contributed by atoms with E-state index in [1.807, 2.05) is 17.5 Å². The summed E-state index contributed by atoms with van der Waals surface area (Å²) in [7, 11) is 0. The molecule has 0 aliphatic heterocycles. The molecule has 17 heavy (non-hydrogen) atoms. The van der Waals surface area contributed by atoms with E-state index < -0.39 is 5.92 Å². The van der Waals surface area contributed by atoms with Crippen molar-refractivity contribution in [1.82, 2.24) is 0 Å². The fourth-order valence-corrected chi connectivity index (χ4v) is 3.55. The van der Waals surface area contributed by atoms with E-state index in [1.54, 1.807) is 0 Å². The van der Waals surface area contributed by atoms with Gasteiger partial charge >= 0.3 is 0 Å². The molecule has 2 unspecified atom stereocenters. The number of rotatable bonds is 3. The summed E-state index contributed by atoms with van der Waals surface area (Å²) in [6.07, 6.45) is 3.13. The molecule has 1 saturated carbocycles. The third kappa shape index (κ3) is 2.28. The molecule has 1 aliphatic carbocycles. The minimum absolute atomic E-state index is 0.0502. The zero-order valence-corrected chi connectivity index (χ0v) is 11.1. The lowest BCUT2D eigenvalue weighted by molar-refractivity contribution is -0.125. The molecular weight excluding hydrogens is 230 g/mol. The molecule has 2 atom stereocenters. The van der Waals surface area contributed by atoms with Crippen LogP contribution in [-0.4, -0.2) is 5.78 Å². The van der Waals surface area contributed by atoms with Gasteiger partial charge in [-0.1, -0.05) is 26.3 Å². The minimum atomic E-state index is -0.558. The first-order valence-electron chi connectivity index (χ1n) is 6.03. The lowest BCUT2D eigenvalue weighted by Gasteiger charge is -2.26. The fourth-order valence-electron chi connectivity index (χ4n) is 2.78. The van der Waals surface area contributed by atoms with E-state index in [9.17, 15) is 10.1 Å². The summed E-state index contributed by atoms with van der Waals surface area (Å²) in [6.45, 7) is 4.29. The van der Waals surface area contributed by atoms with Gasteiger partial charge in [-0.25, -0.2) is 0 Å². The quantitative estimate of drug-likeness (QED) is 0.816. The number of thiophene rings is 1. The number of hydrogen-bond donors (Lipinski definition) is 0. The van der Waals surface area contributed by atoms with Gasteiger partial charge in [-0.05, 0) is 29.7 Å². The summed E-state index contributed by atoms with van der Waals surface area (Å²) in [5.41, 5.74) is 0.0590. The van der Waals surface area contributed by atoms with Crippen LogP contribution in [-0.2, 0) is 4.79 Å². The average Bonchev–Trinajstić information content (AvgIpc) is 2.88. The van der Waals surface area contributed by atoms with E-state index in [-0.39, 0.29) is 17.1 Å². The Hall–Kier alpha value is -1.14. The van der Waals surface area contributed by atoms with Gasteiger partial charge in [-0.15, -0.1) is 11.3 Å². The first-order valence-corrected chi connectivity index (χ1v) is 6.91. The average molecular weight is 247 g/mol. The van der Waals surface area contributed by atoms with Gasteiger partial charge in [0.2, 0.25) is 0 Å². The Balaban J connectivity index is 2.22.